The minimum Gasteiger partial charge on any atom is -0.365 e. The lowest BCUT2D eigenvalue weighted by Crippen LogP contribution is -2.36. The van der Waals surface area contributed by atoms with Crippen molar-refractivity contribution in [2.24, 2.45) is 0 Å². The molecule has 0 unspecified atom stereocenters. The molecule has 0 radical (unpaired) electrons. The predicted octanol–water partition coefficient (Wildman–Crippen LogP) is 1.24. The molecule has 0 aromatic carbocycles. The van der Waals surface area contributed by atoms with Crippen molar-refractivity contribution in [2.75, 3.05) is 25.5 Å². The molecule has 3 rings (SSSR count). The van der Waals surface area contributed by atoms with E-state index in [9.17, 15) is 0 Å². The molecule has 17 heavy (non-hydrogen) atoms. The summed E-state index contributed by atoms with van der Waals surface area (Å²) in [5.41, 5.74) is 1.05. The molecule has 0 atom stereocenters. The molecule has 3 heterocycles. The van der Waals surface area contributed by atoms with Gasteiger partial charge in [0.15, 0.2) is 5.82 Å². The van der Waals surface area contributed by atoms with Crippen molar-refractivity contribution in [3.8, 4) is 0 Å². The molecule has 5 nitrogen and oxygen atoms in total. The van der Waals surface area contributed by atoms with Crippen LogP contribution in [0.25, 0.3) is 5.52 Å². The van der Waals surface area contributed by atoms with Crippen LogP contribution in [-0.2, 0) is 0 Å². The lowest BCUT2D eigenvalue weighted by atomic mass is 10.1. The van der Waals surface area contributed by atoms with Crippen molar-refractivity contribution < 1.29 is 0 Å². The van der Waals surface area contributed by atoms with Crippen LogP contribution in [0.3, 0.4) is 0 Å². The molecule has 1 aliphatic heterocycles. The van der Waals surface area contributed by atoms with Crippen molar-refractivity contribution in [1.82, 2.24) is 19.5 Å². The van der Waals surface area contributed by atoms with Gasteiger partial charge in [0.05, 0.1) is 6.20 Å². The topological polar surface area (TPSA) is 45.5 Å². The maximum absolute atomic E-state index is 4.41. The molecule has 0 spiro atoms. The van der Waals surface area contributed by atoms with Crippen LogP contribution >= 0.6 is 0 Å². The highest BCUT2D eigenvalue weighted by Gasteiger charge is 2.17. The van der Waals surface area contributed by atoms with Gasteiger partial charge in [-0.15, -0.1) is 0 Å². The molecule has 1 fully saturated rings. The molecule has 1 saturated heterocycles. The Bertz CT molecular complexity index is 498. The van der Waals surface area contributed by atoms with Crippen molar-refractivity contribution >= 4 is 11.3 Å². The van der Waals surface area contributed by atoms with E-state index >= 15 is 0 Å². The van der Waals surface area contributed by atoms with Gasteiger partial charge < -0.3 is 10.2 Å². The standard InChI is InChI=1S/C12H17N5/c1-16-7-3-10(4-8-16)15-12-11-2-5-14-17(11)9-6-13-12/h2,5-6,9-10H,3-4,7-8H2,1H3,(H,13,15). The quantitative estimate of drug-likeness (QED) is 0.844. The summed E-state index contributed by atoms with van der Waals surface area (Å²) in [6, 6.07) is 2.52. The van der Waals surface area contributed by atoms with E-state index < -0.39 is 0 Å². The van der Waals surface area contributed by atoms with E-state index in [4.69, 9.17) is 0 Å². The molecule has 0 bridgehead atoms. The molecule has 0 saturated carbocycles. The first-order chi connectivity index (χ1) is 8.33. The van der Waals surface area contributed by atoms with Crippen LogP contribution in [0.5, 0.6) is 0 Å². The summed E-state index contributed by atoms with van der Waals surface area (Å²) < 4.78 is 1.85. The molecule has 1 aliphatic rings. The largest absolute Gasteiger partial charge is 0.365 e. The Hall–Kier alpha value is -1.62. The van der Waals surface area contributed by atoms with Crippen LogP contribution in [0.2, 0.25) is 0 Å². The Balaban J connectivity index is 1.78. The second kappa shape index (κ2) is 4.33. The highest BCUT2D eigenvalue weighted by molar-refractivity contribution is 5.67. The van der Waals surface area contributed by atoms with Crippen LogP contribution in [0.1, 0.15) is 12.8 Å². The second-order valence-electron chi connectivity index (χ2n) is 4.66. The van der Waals surface area contributed by atoms with E-state index in [2.05, 4.69) is 27.3 Å². The van der Waals surface area contributed by atoms with Gasteiger partial charge in [0.1, 0.15) is 5.52 Å². The first-order valence-electron chi connectivity index (χ1n) is 6.06. The molecule has 2 aromatic rings. The molecular formula is C12H17N5. The van der Waals surface area contributed by atoms with Gasteiger partial charge in [0, 0.05) is 18.4 Å². The fourth-order valence-corrected chi connectivity index (χ4v) is 2.32. The number of rotatable bonds is 2. The smallest absolute Gasteiger partial charge is 0.152 e. The van der Waals surface area contributed by atoms with E-state index in [1.807, 2.05) is 16.8 Å². The Morgan fingerprint density at radius 2 is 2.12 bits per heavy atom. The average Bonchev–Trinajstić information content (AvgIpc) is 2.81. The van der Waals surface area contributed by atoms with Crippen LogP contribution in [0.4, 0.5) is 5.82 Å². The minimum absolute atomic E-state index is 0.528. The summed E-state index contributed by atoms with van der Waals surface area (Å²) in [4.78, 5) is 6.77. The highest BCUT2D eigenvalue weighted by atomic mass is 15.2. The maximum Gasteiger partial charge on any atom is 0.152 e. The fourth-order valence-electron chi connectivity index (χ4n) is 2.32. The highest BCUT2D eigenvalue weighted by Crippen LogP contribution is 2.17. The van der Waals surface area contributed by atoms with Gasteiger partial charge in [0.2, 0.25) is 0 Å². The number of nitrogens with zero attached hydrogens (tertiary/aromatic N) is 4. The van der Waals surface area contributed by atoms with Gasteiger partial charge in [-0.05, 0) is 39.0 Å². The third-order valence-electron chi connectivity index (χ3n) is 3.38. The molecule has 90 valence electrons. The van der Waals surface area contributed by atoms with Gasteiger partial charge in [0.25, 0.3) is 0 Å². The van der Waals surface area contributed by atoms with Gasteiger partial charge >= 0.3 is 0 Å². The Kier molecular flexibility index (Phi) is 2.68. The second-order valence-corrected chi connectivity index (χ2v) is 4.66. The zero-order valence-corrected chi connectivity index (χ0v) is 10.0. The lowest BCUT2D eigenvalue weighted by molar-refractivity contribution is 0.263. The molecule has 5 heteroatoms. The van der Waals surface area contributed by atoms with Gasteiger partial charge in [-0.2, -0.15) is 5.10 Å². The van der Waals surface area contributed by atoms with Gasteiger partial charge in [-0.25, -0.2) is 9.50 Å². The summed E-state index contributed by atoms with van der Waals surface area (Å²) in [5, 5.41) is 7.74. The summed E-state index contributed by atoms with van der Waals surface area (Å²) in [7, 11) is 2.17. The number of anilines is 1. The first-order valence-corrected chi connectivity index (χ1v) is 6.06. The zero-order chi connectivity index (χ0) is 11.7. The van der Waals surface area contributed by atoms with Crippen molar-refractivity contribution in [2.45, 2.75) is 18.9 Å². The number of piperidine rings is 1. The molecule has 2 aromatic heterocycles. The van der Waals surface area contributed by atoms with E-state index in [0.717, 1.165) is 24.4 Å². The number of likely N-dealkylation sites (tertiary alicyclic amines) is 1. The van der Waals surface area contributed by atoms with E-state index in [-0.39, 0.29) is 0 Å². The molecular weight excluding hydrogens is 214 g/mol. The lowest BCUT2D eigenvalue weighted by Gasteiger charge is -2.29. The monoisotopic (exact) mass is 231 g/mol. The molecule has 0 amide bonds. The third-order valence-corrected chi connectivity index (χ3v) is 3.38. The summed E-state index contributed by atoms with van der Waals surface area (Å²) in [5.74, 6) is 0.944. The molecule has 0 aliphatic carbocycles. The van der Waals surface area contributed by atoms with Crippen LogP contribution < -0.4 is 5.32 Å². The summed E-state index contributed by atoms with van der Waals surface area (Å²) in [6.07, 6.45) is 7.81. The van der Waals surface area contributed by atoms with E-state index in [1.165, 1.54) is 12.8 Å². The van der Waals surface area contributed by atoms with Crippen molar-refractivity contribution in [3.05, 3.63) is 24.7 Å². The third kappa shape index (κ3) is 2.10. The van der Waals surface area contributed by atoms with Crippen molar-refractivity contribution in [1.29, 1.82) is 0 Å². The Morgan fingerprint density at radius 1 is 1.29 bits per heavy atom. The number of hydrogen-bond acceptors (Lipinski definition) is 4. The SMILES string of the molecule is CN1CCC(Nc2nccn3nccc23)CC1. The Morgan fingerprint density at radius 3 is 2.94 bits per heavy atom. The predicted molar refractivity (Wildman–Crippen MR) is 67.1 cm³/mol. The molecule has 1 N–H and O–H groups in total. The van der Waals surface area contributed by atoms with E-state index in [0.29, 0.717) is 6.04 Å². The normalized spacial score (nSPS) is 18.6. The minimum atomic E-state index is 0.528. The van der Waals surface area contributed by atoms with Crippen molar-refractivity contribution in [3.63, 3.8) is 0 Å². The first kappa shape index (κ1) is 10.5. The Labute approximate surface area is 100 Å². The average molecular weight is 231 g/mol. The van der Waals surface area contributed by atoms with Crippen LogP contribution in [0.15, 0.2) is 24.7 Å². The van der Waals surface area contributed by atoms with Crippen LogP contribution in [-0.4, -0.2) is 45.7 Å². The van der Waals surface area contributed by atoms with Gasteiger partial charge in [-0.3, -0.25) is 0 Å². The van der Waals surface area contributed by atoms with Crippen LogP contribution in [0, 0.1) is 0 Å². The fraction of sp³-hybridized carbons (Fsp3) is 0.500. The number of fused-ring (bicyclic) bond motifs is 1. The summed E-state index contributed by atoms with van der Waals surface area (Å²) >= 11 is 0. The maximum atomic E-state index is 4.41. The number of hydrogen-bond donors (Lipinski definition) is 1. The van der Waals surface area contributed by atoms with E-state index in [1.54, 1.807) is 12.4 Å². The number of nitrogens with one attached hydrogen (secondary N) is 1. The number of aromatic nitrogens is 3. The zero-order valence-electron chi connectivity index (χ0n) is 10.0. The summed E-state index contributed by atoms with van der Waals surface area (Å²) in [6.45, 7) is 2.31. The van der Waals surface area contributed by atoms with Gasteiger partial charge in [-0.1, -0.05) is 0 Å².